The first-order chi connectivity index (χ1) is 10.7. The zero-order valence-electron chi connectivity index (χ0n) is 13.3. The molecule has 3 rings (SSSR count). The maximum Gasteiger partial charge on any atom is 0.199 e. The number of nitrogens with zero attached hydrogens (tertiary/aromatic N) is 4. The van der Waals surface area contributed by atoms with Crippen LogP contribution in [0.2, 0.25) is 0 Å². The highest BCUT2D eigenvalue weighted by atomic mass is 32.1. The summed E-state index contributed by atoms with van der Waals surface area (Å²) in [5.74, 6) is 0.663. The summed E-state index contributed by atoms with van der Waals surface area (Å²) in [6.07, 6.45) is 5.86. The van der Waals surface area contributed by atoms with Gasteiger partial charge in [0.15, 0.2) is 10.6 Å². The van der Waals surface area contributed by atoms with Crippen LogP contribution in [0.3, 0.4) is 0 Å². The van der Waals surface area contributed by atoms with Crippen molar-refractivity contribution in [3.8, 4) is 0 Å². The molecule has 1 aromatic heterocycles. The van der Waals surface area contributed by atoms with Crippen molar-refractivity contribution in [2.45, 2.75) is 64.4 Å². The van der Waals surface area contributed by atoms with Crippen LogP contribution in [0.4, 0.5) is 0 Å². The third-order valence-electron chi connectivity index (χ3n) is 4.76. The average Bonchev–Trinajstić information content (AvgIpc) is 3.07. The molecule has 1 aliphatic carbocycles. The molecule has 0 unspecified atom stereocenters. The van der Waals surface area contributed by atoms with Gasteiger partial charge in [-0.25, -0.2) is 4.68 Å². The van der Waals surface area contributed by atoms with Gasteiger partial charge in [-0.1, -0.05) is 19.8 Å². The number of morpholine rings is 1. The Kier molecular flexibility index (Phi) is 4.97. The number of aliphatic hydroxyl groups is 1. The highest BCUT2D eigenvalue weighted by molar-refractivity contribution is 7.71. The lowest BCUT2D eigenvalue weighted by molar-refractivity contribution is -0.112. The molecule has 1 N–H and O–H groups in total. The molecule has 124 valence electrons. The third kappa shape index (κ3) is 3.13. The molecule has 2 aliphatic rings. The molecule has 1 aliphatic heterocycles. The molecular weight excluding hydrogens is 300 g/mol. The van der Waals surface area contributed by atoms with E-state index in [9.17, 15) is 5.11 Å². The SMILES string of the molecule is CCCn1c(CO)nn(CN2CCOC3(CCCC3)C2)c1=S. The fraction of sp³-hybridized carbons (Fsp3) is 0.867. The van der Waals surface area contributed by atoms with E-state index in [0.717, 1.165) is 32.7 Å². The fourth-order valence-corrected chi connectivity index (χ4v) is 3.99. The minimum Gasteiger partial charge on any atom is -0.388 e. The summed E-state index contributed by atoms with van der Waals surface area (Å²) in [6.45, 7) is 6.20. The largest absolute Gasteiger partial charge is 0.388 e. The van der Waals surface area contributed by atoms with Crippen LogP contribution in [-0.2, 0) is 24.6 Å². The standard InChI is InChI=1S/C15H26N4O2S/c1-2-7-18-13(10-20)16-19(14(18)22)12-17-8-9-21-15(11-17)5-3-4-6-15/h20H,2-12H2,1H3. The molecule has 7 heteroatoms. The van der Waals surface area contributed by atoms with Gasteiger partial charge >= 0.3 is 0 Å². The van der Waals surface area contributed by atoms with Gasteiger partial charge in [0.2, 0.25) is 0 Å². The molecule has 0 amide bonds. The van der Waals surface area contributed by atoms with E-state index in [1.54, 1.807) is 0 Å². The predicted octanol–water partition coefficient (Wildman–Crippen LogP) is 1.92. The van der Waals surface area contributed by atoms with Crippen LogP contribution in [0.5, 0.6) is 0 Å². The Bertz CT molecular complexity index is 562. The first kappa shape index (κ1) is 16.1. The molecule has 1 saturated heterocycles. The molecular formula is C15H26N4O2S. The Morgan fingerprint density at radius 1 is 1.36 bits per heavy atom. The van der Waals surface area contributed by atoms with Crippen molar-refractivity contribution < 1.29 is 9.84 Å². The van der Waals surface area contributed by atoms with Crippen LogP contribution in [0, 0.1) is 4.77 Å². The van der Waals surface area contributed by atoms with Gasteiger partial charge in [-0.3, -0.25) is 4.90 Å². The van der Waals surface area contributed by atoms with Gasteiger partial charge in [0.1, 0.15) is 6.61 Å². The van der Waals surface area contributed by atoms with Gasteiger partial charge in [0.25, 0.3) is 0 Å². The summed E-state index contributed by atoms with van der Waals surface area (Å²) in [5, 5.41) is 14.0. The summed E-state index contributed by atoms with van der Waals surface area (Å²) in [4.78, 5) is 2.38. The molecule has 2 heterocycles. The van der Waals surface area contributed by atoms with E-state index in [1.165, 1.54) is 25.7 Å². The second-order valence-electron chi connectivity index (χ2n) is 6.44. The van der Waals surface area contributed by atoms with Crippen molar-refractivity contribution >= 4 is 12.2 Å². The van der Waals surface area contributed by atoms with Gasteiger partial charge in [0.05, 0.1) is 18.9 Å². The van der Waals surface area contributed by atoms with E-state index >= 15 is 0 Å². The summed E-state index contributed by atoms with van der Waals surface area (Å²) in [6, 6.07) is 0. The molecule has 0 atom stereocenters. The van der Waals surface area contributed by atoms with E-state index in [1.807, 2.05) is 9.25 Å². The van der Waals surface area contributed by atoms with E-state index < -0.39 is 0 Å². The van der Waals surface area contributed by atoms with E-state index in [4.69, 9.17) is 17.0 Å². The molecule has 1 spiro atoms. The summed E-state index contributed by atoms with van der Waals surface area (Å²) >= 11 is 5.53. The molecule has 1 saturated carbocycles. The lowest BCUT2D eigenvalue weighted by Gasteiger charge is -2.40. The Morgan fingerprint density at radius 2 is 2.14 bits per heavy atom. The quantitative estimate of drug-likeness (QED) is 0.838. The van der Waals surface area contributed by atoms with Crippen LogP contribution in [0.25, 0.3) is 0 Å². The Labute approximate surface area is 136 Å². The van der Waals surface area contributed by atoms with Crippen molar-refractivity contribution in [2.75, 3.05) is 19.7 Å². The zero-order valence-corrected chi connectivity index (χ0v) is 14.1. The lowest BCUT2D eigenvalue weighted by Crippen LogP contribution is -2.50. The summed E-state index contributed by atoms with van der Waals surface area (Å²) < 4.78 is 10.6. The Morgan fingerprint density at radius 3 is 2.82 bits per heavy atom. The lowest BCUT2D eigenvalue weighted by atomic mass is 10.00. The van der Waals surface area contributed by atoms with Gasteiger partial charge in [-0.05, 0) is 31.5 Å². The van der Waals surface area contributed by atoms with E-state index in [-0.39, 0.29) is 12.2 Å². The van der Waals surface area contributed by atoms with Crippen molar-refractivity contribution in [2.24, 2.45) is 0 Å². The van der Waals surface area contributed by atoms with Crippen LogP contribution < -0.4 is 0 Å². The average molecular weight is 326 g/mol. The van der Waals surface area contributed by atoms with Gasteiger partial charge in [0, 0.05) is 19.6 Å². The highest BCUT2D eigenvalue weighted by Gasteiger charge is 2.39. The number of ether oxygens (including phenoxy) is 1. The minimum absolute atomic E-state index is 0.0617. The number of hydrogen-bond acceptors (Lipinski definition) is 5. The third-order valence-corrected chi connectivity index (χ3v) is 5.20. The Balaban J connectivity index is 1.74. The maximum atomic E-state index is 9.48. The first-order valence-corrected chi connectivity index (χ1v) is 8.72. The van der Waals surface area contributed by atoms with Gasteiger partial charge in [-0.2, -0.15) is 5.10 Å². The fourth-order valence-electron chi connectivity index (χ4n) is 3.70. The van der Waals surface area contributed by atoms with Gasteiger partial charge < -0.3 is 14.4 Å². The van der Waals surface area contributed by atoms with Crippen molar-refractivity contribution in [1.29, 1.82) is 0 Å². The Hall–Kier alpha value is -0.760. The van der Waals surface area contributed by atoms with Crippen molar-refractivity contribution in [1.82, 2.24) is 19.2 Å². The topological polar surface area (TPSA) is 55.5 Å². The van der Waals surface area contributed by atoms with E-state index in [2.05, 4.69) is 16.9 Å². The number of rotatable bonds is 5. The summed E-state index contributed by atoms with van der Waals surface area (Å²) in [5.41, 5.74) is 0.0617. The number of aromatic nitrogens is 3. The van der Waals surface area contributed by atoms with Crippen molar-refractivity contribution in [3.05, 3.63) is 10.6 Å². The molecule has 0 radical (unpaired) electrons. The van der Waals surface area contributed by atoms with Crippen LogP contribution in [-0.4, -0.2) is 49.7 Å². The normalized spacial score (nSPS) is 21.7. The minimum atomic E-state index is -0.0658. The van der Waals surface area contributed by atoms with Crippen molar-refractivity contribution in [3.63, 3.8) is 0 Å². The predicted molar refractivity (Wildman–Crippen MR) is 86.0 cm³/mol. The molecule has 22 heavy (non-hydrogen) atoms. The monoisotopic (exact) mass is 326 g/mol. The second kappa shape index (κ2) is 6.78. The molecule has 0 aromatic carbocycles. The second-order valence-corrected chi connectivity index (χ2v) is 6.81. The molecule has 1 aromatic rings. The number of hydrogen-bond donors (Lipinski definition) is 1. The molecule has 6 nitrogen and oxygen atoms in total. The summed E-state index contributed by atoms with van der Waals surface area (Å²) in [7, 11) is 0. The van der Waals surface area contributed by atoms with E-state index in [0.29, 0.717) is 17.3 Å². The smallest absolute Gasteiger partial charge is 0.199 e. The van der Waals surface area contributed by atoms with Crippen LogP contribution in [0.15, 0.2) is 0 Å². The van der Waals surface area contributed by atoms with Crippen LogP contribution in [0.1, 0.15) is 44.9 Å². The molecule has 0 bridgehead atoms. The highest BCUT2D eigenvalue weighted by Crippen LogP contribution is 2.35. The van der Waals surface area contributed by atoms with Crippen LogP contribution >= 0.6 is 12.2 Å². The number of aliphatic hydroxyl groups excluding tert-OH is 1. The zero-order chi connectivity index (χ0) is 15.6. The maximum absolute atomic E-state index is 9.48. The molecule has 2 fully saturated rings. The van der Waals surface area contributed by atoms with Gasteiger partial charge in [-0.15, -0.1) is 0 Å². The first-order valence-electron chi connectivity index (χ1n) is 8.31.